The molecule has 4 amide bonds. The largest absolute Gasteiger partial charge is 0.274 e. The van der Waals surface area contributed by atoms with Gasteiger partial charge in [-0.2, -0.15) is 0 Å². The highest BCUT2D eigenvalue weighted by Gasteiger charge is 2.32. The molecule has 0 aromatic heterocycles. The van der Waals surface area contributed by atoms with E-state index in [-0.39, 0.29) is 31.2 Å². The molecule has 0 atom stereocenters. The summed E-state index contributed by atoms with van der Waals surface area (Å²) in [6.07, 6.45) is 0.294. The van der Waals surface area contributed by atoms with E-state index in [1.165, 1.54) is 12.1 Å². The first-order valence-electron chi connectivity index (χ1n) is 9.68. The first kappa shape index (κ1) is 20.6. The average Bonchev–Trinajstić information content (AvgIpc) is 2.78. The molecule has 0 aliphatic carbocycles. The van der Waals surface area contributed by atoms with Gasteiger partial charge in [0.2, 0.25) is 5.91 Å². The zero-order valence-corrected chi connectivity index (χ0v) is 17.1. The molecule has 1 aliphatic heterocycles. The van der Waals surface area contributed by atoms with Crippen molar-refractivity contribution in [3.8, 4) is 0 Å². The fourth-order valence-electron chi connectivity index (χ4n) is 3.54. The molecule has 1 heterocycles. The van der Waals surface area contributed by atoms with Crippen LogP contribution in [0.3, 0.4) is 0 Å². The number of hydrazine groups is 1. The van der Waals surface area contributed by atoms with Crippen LogP contribution in [0.15, 0.2) is 60.7 Å². The van der Waals surface area contributed by atoms with Gasteiger partial charge in [-0.05, 0) is 48.2 Å². The van der Waals surface area contributed by atoms with Gasteiger partial charge in [0.15, 0.2) is 0 Å². The van der Waals surface area contributed by atoms with Crippen molar-refractivity contribution in [2.75, 3.05) is 6.54 Å². The summed E-state index contributed by atoms with van der Waals surface area (Å²) >= 11 is 5.78. The Labute approximate surface area is 182 Å². The molecule has 0 saturated heterocycles. The average molecular weight is 436 g/mol. The van der Waals surface area contributed by atoms with Gasteiger partial charge in [0.1, 0.15) is 0 Å². The van der Waals surface area contributed by atoms with Crippen LogP contribution in [-0.2, 0) is 4.79 Å². The molecular formula is C23H18ClN3O4. The van der Waals surface area contributed by atoms with E-state index in [4.69, 9.17) is 11.6 Å². The molecule has 1 aliphatic rings. The monoisotopic (exact) mass is 435 g/mol. The Bertz CT molecular complexity index is 1160. The van der Waals surface area contributed by atoms with E-state index in [0.717, 1.165) is 10.3 Å². The highest BCUT2D eigenvalue weighted by molar-refractivity contribution is 6.30. The van der Waals surface area contributed by atoms with Crippen LogP contribution >= 0.6 is 11.6 Å². The molecule has 3 aromatic carbocycles. The van der Waals surface area contributed by atoms with Gasteiger partial charge in [-0.15, -0.1) is 0 Å². The predicted molar refractivity (Wildman–Crippen MR) is 116 cm³/mol. The summed E-state index contributed by atoms with van der Waals surface area (Å²) in [4.78, 5) is 50.9. The van der Waals surface area contributed by atoms with Crippen LogP contribution < -0.4 is 10.9 Å². The minimum Gasteiger partial charge on any atom is -0.274 e. The second kappa shape index (κ2) is 8.57. The third kappa shape index (κ3) is 4.13. The molecule has 0 radical (unpaired) electrons. The lowest BCUT2D eigenvalue weighted by molar-refractivity contribution is -0.122. The maximum absolute atomic E-state index is 12.8. The number of nitrogens with one attached hydrogen (secondary N) is 2. The van der Waals surface area contributed by atoms with Gasteiger partial charge in [-0.3, -0.25) is 34.9 Å². The molecule has 156 valence electrons. The number of benzene rings is 3. The van der Waals surface area contributed by atoms with E-state index in [9.17, 15) is 19.2 Å². The van der Waals surface area contributed by atoms with E-state index in [2.05, 4.69) is 10.9 Å². The van der Waals surface area contributed by atoms with Crippen molar-refractivity contribution in [3.05, 3.63) is 82.4 Å². The molecular weight excluding hydrogens is 418 g/mol. The van der Waals surface area contributed by atoms with Crippen LogP contribution in [0.4, 0.5) is 0 Å². The Hall–Kier alpha value is -3.71. The number of hydrogen-bond donors (Lipinski definition) is 2. The minimum absolute atomic E-state index is 0.0316. The number of carbonyl (C=O) groups is 4. The third-order valence-corrected chi connectivity index (χ3v) is 5.32. The number of rotatable bonds is 5. The first-order valence-corrected chi connectivity index (χ1v) is 10.1. The van der Waals surface area contributed by atoms with E-state index < -0.39 is 11.8 Å². The molecule has 0 saturated carbocycles. The van der Waals surface area contributed by atoms with Crippen LogP contribution in [-0.4, -0.2) is 35.1 Å². The third-order valence-electron chi connectivity index (χ3n) is 5.06. The van der Waals surface area contributed by atoms with Crippen molar-refractivity contribution >= 4 is 46.0 Å². The Morgan fingerprint density at radius 1 is 0.839 bits per heavy atom. The molecule has 0 fully saturated rings. The highest BCUT2D eigenvalue weighted by atomic mass is 35.5. The van der Waals surface area contributed by atoms with Crippen molar-refractivity contribution < 1.29 is 19.2 Å². The van der Waals surface area contributed by atoms with Gasteiger partial charge in [-0.25, -0.2) is 0 Å². The molecule has 2 N–H and O–H groups in total. The number of halogens is 1. The second-order valence-corrected chi connectivity index (χ2v) is 7.52. The summed E-state index contributed by atoms with van der Waals surface area (Å²) in [5, 5.41) is 2.01. The molecule has 0 spiro atoms. The van der Waals surface area contributed by atoms with Gasteiger partial charge in [-0.1, -0.05) is 35.9 Å². The molecule has 31 heavy (non-hydrogen) atoms. The topological polar surface area (TPSA) is 95.6 Å². The molecule has 8 heteroatoms. The molecule has 7 nitrogen and oxygen atoms in total. The lowest BCUT2D eigenvalue weighted by Crippen LogP contribution is -2.43. The zero-order valence-electron chi connectivity index (χ0n) is 16.4. The minimum atomic E-state index is -0.476. The highest BCUT2D eigenvalue weighted by Crippen LogP contribution is 2.30. The quantitative estimate of drug-likeness (QED) is 0.474. The second-order valence-electron chi connectivity index (χ2n) is 7.08. The molecule has 0 bridgehead atoms. The number of carbonyl (C=O) groups excluding carboxylic acids is 4. The van der Waals surface area contributed by atoms with Gasteiger partial charge >= 0.3 is 0 Å². The lowest BCUT2D eigenvalue weighted by Gasteiger charge is -2.27. The molecule has 4 rings (SSSR count). The van der Waals surface area contributed by atoms with E-state index in [1.54, 1.807) is 36.4 Å². The number of hydrogen-bond acceptors (Lipinski definition) is 4. The first-order chi connectivity index (χ1) is 15.0. The van der Waals surface area contributed by atoms with Crippen molar-refractivity contribution in [3.63, 3.8) is 0 Å². The maximum atomic E-state index is 12.8. The van der Waals surface area contributed by atoms with Crippen LogP contribution in [0.25, 0.3) is 10.8 Å². The Morgan fingerprint density at radius 3 is 2.06 bits per heavy atom. The summed E-state index contributed by atoms with van der Waals surface area (Å²) in [6.45, 7) is 0.0982. The summed E-state index contributed by atoms with van der Waals surface area (Å²) < 4.78 is 0. The van der Waals surface area contributed by atoms with Crippen LogP contribution in [0.2, 0.25) is 5.02 Å². The molecule has 0 unspecified atom stereocenters. The van der Waals surface area contributed by atoms with Gasteiger partial charge < -0.3 is 0 Å². The SMILES string of the molecule is O=C(CCCN1C(=O)c2cccc3cccc(c23)C1=O)NNC(=O)c1ccc(Cl)cc1. The van der Waals surface area contributed by atoms with E-state index in [0.29, 0.717) is 27.1 Å². The fourth-order valence-corrected chi connectivity index (χ4v) is 3.67. The predicted octanol–water partition coefficient (Wildman–Crippen LogP) is 3.33. The van der Waals surface area contributed by atoms with Gasteiger partial charge in [0.05, 0.1) is 0 Å². The van der Waals surface area contributed by atoms with Crippen molar-refractivity contribution in [1.29, 1.82) is 0 Å². The van der Waals surface area contributed by atoms with E-state index in [1.807, 2.05) is 12.1 Å². The smallest absolute Gasteiger partial charge is 0.269 e. The summed E-state index contributed by atoms with van der Waals surface area (Å²) in [6, 6.07) is 16.9. The fraction of sp³-hybridized carbons (Fsp3) is 0.130. The van der Waals surface area contributed by atoms with Crippen molar-refractivity contribution in [2.24, 2.45) is 0 Å². The number of nitrogens with zero attached hydrogens (tertiary/aromatic N) is 1. The number of amides is 4. The van der Waals surface area contributed by atoms with Crippen molar-refractivity contribution in [1.82, 2.24) is 15.8 Å². The van der Waals surface area contributed by atoms with Gasteiger partial charge in [0.25, 0.3) is 17.7 Å². The summed E-state index contributed by atoms with van der Waals surface area (Å²) in [5.41, 5.74) is 5.96. The van der Waals surface area contributed by atoms with Gasteiger partial charge in [0, 0.05) is 40.1 Å². The van der Waals surface area contributed by atoms with Crippen LogP contribution in [0, 0.1) is 0 Å². The number of imide groups is 1. The zero-order chi connectivity index (χ0) is 22.0. The lowest BCUT2D eigenvalue weighted by atomic mass is 9.94. The van der Waals surface area contributed by atoms with Crippen LogP contribution in [0.1, 0.15) is 43.9 Å². The Morgan fingerprint density at radius 2 is 1.45 bits per heavy atom. The Kier molecular flexibility index (Phi) is 5.68. The standard InChI is InChI=1S/C23H18ClN3O4/c24-16-11-9-15(10-12-16)21(29)26-25-19(28)8-3-13-27-22(30)17-6-1-4-14-5-2-7-18(20(14)17)23(27)31/h1-2,4-7,9-12H,3,8,13H2,(H,25,28)(H,26,29). The molecule has 3 aromatic rings. The maximum Gasteiger partial charge on any atom is 0.269 e. The van der Waals surface area contributed by atoms with E-state index >= 15 is 0 Å². The van der Waals surface area contributed by atoms with Crippen LogP contribution in [0.5, 0.6) is 0 Å². The van der Waals surface area contributed by atoms with Crippen molar-refractivity contribution in [2.45, 2.75) is 12.8 Å². The summed E-state index contributed by atoms with van der Waals surface area (Å²) in [7, 11) is 0. The normalized spacial score (nSPS) is 12.7. The summed E-state index contributed by atoms with van der Waals surface area (Å²) in [5.74, 6) is -1.64. The Balaban J connectivity index is 1.33.